The molecule has 6 nitrogen and oxygen atoms in total. The third-order valence-electron chi connectivity index (χ3n) is 3.10. The minimum atomic E-state index is -1.40. The second-order valence-corrected chi connectivity index (χ2v) is 6.67. The van der Waals surface area contributed by atoms with E-state index in [0.29, 0.717) is 26.3 Å². The lowest BCUT2D eigenvalue weighted by molar-refractivity contribution is -0.140. The average Bonchev–Trinajstić information content (AvgIpc) is 2.45. The molecule has 1 rings (SSSR count). The van der Waals surface area contributed by atoms with E-state index in [0.717, 1.165) is 0 Å². The van der Waals surface area contributed by atoms with E-state index >= 15 is 0 Å². The van der Waals surface area contributed by atoms with Gasteiger partial charge in [-0.15, -0.1) is 0 Å². The van der Waals surface area contributed by atoms with Crippen LogP contribution in [0.5, 0.6) is 0 Å². The molecule has 1 saturated heterocycles. The minimum Gasteiger partial charge on any atom is -0.469 e. The Bertz CT molecular complexity index is 354. The molecule has 0 aromatic carbocycles. The highest BCUT2D eigenvalue weighted by Crippen LogP contribution is 2.12. The summed E-state index contributed by atoms with van der Waals surface area (Å²) < 4.78 is 21.9. The van der Waals surface area contributed by atoms with Crippen LogP contribution in [0.1, 0.15) is 20.3 Å². The summed E-state index contributed by atoms with van der Waals surface area (Å²) in [6.45, 7) is 5.43. The van der Waals surface area contributed by atoms with Gasteiger partial charge in [0.15, 0.2) is 0 Å². The van der Waals surface area contributed by atoms with E-state index < -0.39 is 27.3 Å². The Balaban J connectivity index is 2.54. The zero-order chi connectivity index (χ0) is 14.4. The number of esters is 1. The van der Waals surface area contributed by atoms with Crippen molar-refractivity contribution in [1.29, 1.82) is 0 Å². The summed E-state index contributed by atoms with van der Waals surface area (Å²) in [6.07, 6.45) is 0.0594. The molecule has 1 aliphatic heterocycles. The summed E-state index contributed by atoms with van der Waals surface area (Å²) in [5, 5.41) is -1.01. The number of amides is 1. The molecule has 19 heavy (non-hydrogen) atoms. The molecule has 3 atom stereocenters. The summed E-state index contributed by atoms with van der Waals surface area (Å²) in [6, 6.07) is 0. The Hall–Kier alpha value is -0.950. The third kappa shape index (κ3) is 4.58. The number of carbonyl (C=O) groups excluding carboxylic acids is 2. The summed E-state index contributed by atoms with van der Waals surface area (Å²) in [7, 11) is -0.104. The van der Waals surface area contributed by atoms with Crippen LogP contribution in [-0.2, 0) is 29.9 Å². The van der Waals surface area contributed by atoms with Gasteiger partial charge in [0.1, 0.15) is 5.25 Å². The number of rotatable bonds is 5. The maximum absolute atomic E-state index is 12.2. The maximum Gasteiger partial charge on any atom is 0.306 e. The van der Waals surface area contributed by atoms with Crippen molar-refractivity contribution in [1.82, 2.24) is 4.90 Å². The van der Waals surface area contributed by atoms with E-state index in [1.807, 2.05) is 0 Å². The van der Waals surface area contributed by atoms with Crippen molar-refractivity contribution in [3.05, 3.63) is 0 Å². The second-order valence-electron chi connectivity index (χ2n) is 4.50. The second kappa shape index (κ2) is 7.59. The highest BCUT2D eigenvalue weighted by Gasteiger charge is 2.30. The van der Waals surface area contributed by atoms with Crippen molar-refractivity contribution in [2.24, 2.45) is 0 Å². The molecule has 0 N–H and O–H groups in total. The van der Waals surface area contributed by atoms with Crippen molar-refractivity contribution in [3.8, 4) is 0 Å². The standard InChI is InChI=1S/C12H21NO5S/c1-9(8-11(14)17-3)19(16)10(2)12(15)13-4-6-18-7-5-13/h9-10H,4-8H2,1-3H3. The van der Waals surface area contributed by atoms with Crippen LogP contribution in [-0.4, -0.2) is 64.9 Å². The third-order valence-corrected chi connectivity index (χ3v) is 4.96. The normalized spacial score (nSPS) is 20.5. The summed E-state index contributed by atoms with van der Waals surface area (Å²) >= 11 is 0. The van der Waals surface area contributed by atoms with Crippen molar-refractivity contribution in [2.45, 2.75) is 30.8 Å². The molecule has 3 unspecified atom stereocenters. The fourth-order valence-electron chi connectivity index (χ4n) is 1.89. The van der Waals surface area contributed by atoms with Crippen molar-refractivity contribution >= 4 is 22.7 Å². The Morgan fingerprint density at radius 3 is 2.42 bits per heavy atom. The molecule has 110 valence electrons. The predicted octanol–water partition coefficient (Wildman–Crippen LogP) is -0.0660. The molecule has 0 aliphatic carbocycles. The highest BCUT2D eigenvalue weighted by atomic mass is 32.2. The van der Waals surface area contributed by atoms with Crippen LogP contribution in [0.3, 0.4) is 0 Å². The van der Waals surface area contributed by atoms with Gasteiger partial charge in [-0.2, -0.15) is 0 Å². The van der Waals surface area contributed by atoms with Crippen LogP contribution < -0.4 is 0 Å². The molecule has 0 radical (unpaired) electrons. The molecule has 0 aromatic rings. The van der Waals surface area contributed by atoms with Gasteiger partial charge in [-0.25, -0.2) is 0 Å². The molecule has 7 heteroatoms. The Kier molecular flexibility index (Phi) is 6.44. The van der Waals surface area contributed by atoms with Crippen molar-refractivity contribution < 1.29 is 23.3 Å². The maximum atomic E-state index is 12.2. The molecule has 1 aliphatic rings. The van der Waals surface area contributed by atoms with Gasteiger partial charge in [0.05, 0.1) is 26.7 Å². The molecule has 1 fully saturated rings. The van der Waals surface area contributed by atoms with Gasteiger partial charge in [-0.3, -0.25) is 13.8 Å². The first kappa shape index (κ1) is 16.1. The Morgan fingerprint density at radius 2 is 1.89 bits per heavy atom. The van der Waals surface area contributed by atoms with Crippen LogP contribution in [0.4, 0.5) is 0 Å². The minimum absolute atomic E-state index is 0.0594. The quantitative estimate of drug-likeness (QED) is 0.663. The van der Waals surface area contributed by atoms with E-state index in [-0.39, 0.29) is 12.3 Å². The lowest BCUT2D eigenvalue weighted by atomic mass is 10.3. The number of hydrogen-bond acceptors (Lipinski definition) is 5. The van der Waals surface area contributed by atoms with Gasteiger partial charge in [-0.05, 0) is 6.92 Å². The van der Waals surface area contributed by atoms with E-state index in [1.165, 1.54) is 7.11 Å². The van der Waals surface area contributed by atoms with Crippen LogP contribution in [0, 0.1) is 0 Å². The largest absolute Gasteiger partial charge is 0.469 e. The van der Waals surface area contributed by atoms with Crippen LogP contribution >= 0.6 is 0 Å². The molecular formula is C12H21NO5S. The summed E-state index contributed by atoms with van der Waals surface area (Å²) in [5.74, 6) is -0.551. The van der Waals surface area contributed by atoms with Crippen molar-refractivity contribution in [3.63, 3.8) is 0 Å². The molecule has 0 saturated carbocycles. The molecule has 0 aromatic heterocycles. The molecule has 0 spiro atoms. The zero-order valence-corrected chi connectivity index (χ0v) is 12.4. The first-order chi connectivity index (χ1) is 8.97. The summed E-state index contributed by atoms with van der Waals surface area (Å²) in [5.41, 5.74) is 0. The van der Waals surface area contributed by atoms with E-state index in [1.54, 1.807) is 18.7 Å². The van der Waals surface area contributed by atoms with Gasteiger partial charge in [0.25, 0.3) is 0 Å². The first-order valence-corrected chi connectivity index (χ1v) is 7.57. The molecular weight excluding hydrogens is 270 g/mol. The number of carbonyl (C=O) groups is 2. The van der Waals surface area contributed by atoms with Gasteiger partial charge in [0, 0.05) is 29.1 Å². The molecule has 0 bridgehead atoms. The topological polar surface area (TPSA) is 72.9 Å². The van der Waals surface area contributed by atoms with Gasteiger partial charge < -0.3 is 14.4 Å². The number of nitrogens with zero attached hydrogens (tertiary/aromatic N) is 1. The molecule has 1 amide bonds. The monoisotopic (exact) mass is 291 g/mol. The Labute approximate surface area is 115 Å². The summed E-state index contributed by atoms with van der Waals surface area (Å²) in [4.78, 5) is 25.0. The van der Waals surface area contributed by atoms with Gasteiger partial charge >= 0.3 is 5.97 Å². The first-order valence-electron chi connectivity index (χ1n) is 6.30. The zero-order valence-electron chi connectivity index (χ0n) is 11.6. The fraction of sp³-hybridized carbons (Fsp3) is 0.833. The van der Waals surface area contributed by atoms with E-state index in [4.69, 9.17) is 4.74 Å². The van der Waals surface area contributed by atoms with E-state index in [9.17, 15) is 13.8 Å². The van der Waals surface area contributed by atoms with Crippen LogP contribution in [0.25, 0.3) is 0 Å². The van der Waals surface area contributed by atoms with Gasteiger partial charge in [-0.1, -0.05) is 6.92 Å². The predicted molar refractivity (Wildman–Crippen MR) is 71.1 cm³/mol. The fourth-order valence-corrected chi connectivity index (χ4v) is 3.23. The number of ether oxygens (including phenoxy) is 2. The molecule has 1 heterocycles. The van der Waals surface area contributed by atoms with Crippen molar-refractivity contribution in [2.75, 3.05) is 33.4 Å². The average molecular weight is 291 g/mol. The lowest BCUT2D eigenvalue weighted by Crippen LogP contribution is -2.47. The van der Waals surface area contributed by atoms with E-state index in [2.05, 4.69) is 4.74 Å². The number of methoxy groups -OCH3 is 1. The smallest absolute Gasteiger partial charge is 0.306 e. The van der Waals surface area contributed by atoms with Crippen LogP contribution in [0.2, 0.25) is 0 Å². The van der Waals surface area contributed by atoms with Crippen LogP contribution in [0.15, 0.2) is 0 Å². The highest BCUT2D eigenvalue weighted by molar-refractivity contribution is 7.87. The SMILES string of the molecule is COC(=O)CC(C)S(=O)C(C)C(=O)N1CCOCC1. The number of morpholine rings is 1. The Morgan fingerprint density at radius 1 is 1.32 bits per heavy atom. The number of hydrogen-bond donors (Lipinski definition) is 0. The lowest BCUT2D eigenvalue weighted by Gasteiger charge is -2.29. The van der Waals surface area contributed by atoms with Gasteiger partial charge in [0.2, 0.25) is 5.91 Å².